The monoisotopic (exact) mass is 273 g/mol. The minimum absolute atomic E-state index is 0.489. The number of thiazole rings is 1. The second-order valence-corrected chi connectivity index (χ2v) is 5.92. The Morgan fingerprint density at radius 2 is 2.26 bits per heavy atom. The predicted molar refractivity (Wildman–Crippen MR) is 74.9 cm³/mol. The molecule has 0 spiro atoms. The van der Waals surface area contributed by atoms with E-state index in [1.54, 1.807) is 11.3 Å². The molecule has 2 aliphatic rings. The molecule has 3 nitrogen and oxygen atoms in total. The highest BCUT2D eigenvalue weighted by atomic mass is 32.1. The van der Waals surface area contributed by atoms with Gasteiger partial charge in [0.15, 0.2) is 0 Å². The van der Waals surface area contributed by atoms with Gasteiger partial charge in [-0.1, -0.05) is 0 Å². The Morgan fingerprint density at radius 3 is 3.16 bits per heavy atom. The van der Waals surface area contributed by atoms with Gasteiger partial charge in [0.1, 0.15) is 10.8 Å². The molecular formula is C15H15NO2S. The third-order valence-corrected chi connectivity index (χ3v) is 4.72. The summed E-state index contributed by atoms with van der Waals surface area (Å²) in [4.78, 5) is 4.79. The Hall–Kier alpha value is -1.39. The van der Waals surface area contributed by atoms with E-state index in [0.29, 0.717) is 5.92 Å². The molecule has 0 aliphatic carbocycles. The minimum Gasteiger partial charge on any atom is -0.493 e. The fraction of sp³-hybridized carbons (Fsp3) is 0.400. The summed E-state index contributed by atoms with van der Waals surface area (Å²) in [5, 5.41) is 3.29. The van der Waals surface area contributed by atoms with Crippen LogP contribution in [-0.4, -0.2) is 24.8 Å². The van der Waals surface area contributed by atoms with Crippen LogP contribution >= 0.6 is 11.3 Å². The zero-order chi connectivity index (χ0) is 12.7. The van der Waals surface area contributed by atoms with E-state index in [2.05, 4.69) is 23.6 Å². The molecule has 2 aliphatic heterocycles. The van der Waals surface area contributed by atoms with E-state index in [0.717, 1.165) is 43.4 Å². The molecule has 4 heteroatoms. The van der Waals surface area contributed by atoms with Crippen LogP contribution in [-0.2, 0) is 11.2 Å². The van der Waals surface area contributed by atoms with Gasteiger partial charge >= 0.3 is 0 Å². The first-order valence-electron chi connectivity index (χ1n) is 6.69. The molecule has 0 bridgehead atoms. The molecule has 1 aromatic heterocycles. The zero-order valence-corrected chi connectivity index (χ0v) is 11.4. The van der Waals surface area contributed by atoms with Crippen LogP contribution in [0.3, 0.4) is 0 Å². The number of hydrogen-bond donors (Lipinski definition) is 0. The van der Waals surface area contributed by atoms with Crippen LogP contribution in [0.1, 0.15) is 23.6 Å². The van der Waals surface area contributed by atoms with Crippen molar-refractivity contribution < 1.29 is 9.47 Å². The van der Waals surface area contributed by atoms with Crippen molar-refractivity contribution in [2.45, 2.75) is 18.8 Å². The molecular weight excluding hydrogens is 258 g/mol. The standard InChI is InChI=1S/C15H15NO2S/c1-2-14-10(4-6-18-14)7-11(1)15-16-13(9-19-15)12-3-5-17-8-12/h1-2,7,9,12H,3-6,8H2. The average molecular weight is 273 g/mol. The van der Waals surface area contributed by atoms with Gasteiger partial charge < -0.3 is 9.47 Å². The molecule has 0 amide bonds. The number of fused-ring (bicyclic) bond motifs is 1. The fourth-order valence-electron chi connectivity index (χ4n) is 2.69. The first kappa shape index (κ1) is 11.4. The maximum absolute atomic E-state index is 5.54. The van der Waals surface area contributed by atoms with E-state index in [1.165, 1.54) is 16.8 Å². The van der Waals surface area contributed by atoms with Crippen LogP contribution < -0.4 is 4.74 Å². The predicted octanol–water partition coefficient (Wildman–Crippen LogP) is 3.25. The molecule has 1 unspecified atom stereocenters. The Labute approximate surface area is 116 Å². The summed E-state index contributed by atoms with van der Waals surface area (Å²) < 4.78 is 11.0. The van der Waals surface area contributed by atoms with Gasteiger partial charge in [0.05, 0.1) is 18.9 Å². The van der Waals surface area contributed by atoms with Crippen LogP contribution in [0.5, 0.6) is 5.75 Å². The van der Waals surface area contributed by atoms with Crippen LogP contribution in [0, 0.1) is 0 Å². The normalized spacial score (nSPS) is 21.4. The van der Waals surface area contributed by atoms with E-state index in [-0.39, 0.29) is 0 Å². The molecule has 1 atom stereocenters. The lowest BCUT2D eigenvalue weighted by Crippen LogP contribution is -1.97. The number of benzene rings is 1. The van der Waals surface area contributed by atoms with Crippen molar-refractivity contribution in [1.82, 2.24) is 4.98 Å². The fourth-order valence-corrected chi connectivity index (χ4v) is 3.59. The van der Waals surface area contributed by atoms with E-state index in [4.69, 9.17) is 14.5 Å². The highest BCUT2D eigenvalue weighted by Gasteiger charge is 2.21. The molecule has 2 aromatic rings. The summed E-state index contributed by atoms with van der Waals surface area (Å²) in [7, 11) is 0. The summed E-state index contributed by atoms with van der Waals surface area (Å²) in [6, 6.07) is 6.39. The maximum atomic E-state index is 5.54. The molecule has 98 valence electrons. The molecule has 4 rings (SSSR count). The van der Waals surface area contributed by atoms with Crippen LogP contribution in [0.2, 0.25) is 0 Å². The number of aromatic nitrogens is 1. The summed E-state index contributed by atoms with van der Waals surface area (Å²) in [6.45, 7) is 2.50. The van der Waals surface area contributed by atoms with Gasteiger partial charge in [0.2, 0.25) is 0 Å². The van der Waals surface area contributed by atoms with Crippen LogP contribution in [0.25, 0.3) is 10.6 Å². The minimum atomic E-state index is 0.489. The Bertz CT molecular complexity index is 602. The molecule has 1 aromatic carbocycles. The first-order valence-corrected chi connectivity index (χ1v) is 7.57. The van der Waals surface area contributed by atoms with Gasteiger partial charge in [-0.25, -0.2) is 4.98 Å². The maximum Gasteiger partial charge on any atom is 0.123 e. The smallest absolute Gasteiger partial charge is 0.123 e. The molecule has 19 heavy (non-hydrogen) atoms. The van der Waals surface area contributed by atoms with E-state index in [1.807, 2.05) is 0 Å². The number of hydrogen-bond acceptors (Lipinski definition) is 4. The lowest BCUT2D eigenvalue weighted by atomic mass is 10.1. The van der Waals surface area contributed by atoms with Gasteiger partial charge in [-0.2, -0.15) is 0 Å². The Kier molecular flexibility index (Phi) is 2.78. The number of nitrogens with zero attached hydrogens (tertiary/aromatic N) is 1. The molecule has 0 N–H and O–H groups in total. The van der Waals surface area contributed by atoms with Gasteiger partial charge in [0, 0.05) is 29.9 Å². The van der Waals surface area contributed by atoms with Crippen molar-refractivity contribution in [3.05, 3.63) is 34.8 Å². The first-order chi connectivity index (χ1) is 9.40. The average Bonchev–Trinajstić information content (AvgIpc) is 3.18. The van der Waals surface area contributed by atoms with Crippen LogP contribution in [0.15, 0.2) is 23.6 Å². The van der Waals surface area contributed by atoms with Crippen molar-refractivity contribution in [2.75, 3.05) is 19.8 Å². The van der Waals surface area contributed by atoms with E-state index >= 15 is 0 Å². The molecule has 1 saturated heterocycles. The highest BCUT2D eigenvalue weighted by molar-refractivity contribution is 7.13. The van der Waals surface area contributed by atoms with Gasteiger partial charge in [-0.15, -0.1) is 11.3 Å². The van der Waals surface area contributed by atoms with Crippen molar-refractivity contribution in [3.8, 4) is 16.3 Å². The molecule has 0 saturated carbocycles. The van der Waals surface area contributed by atoms with Crippen molar-refractivity contribution in [2.24, 2.45) is 0 Å². The Balaban J connectivity index is 1.65. The summed E-state index contributed by atoms with van der Waals surface area (Å²) in [6.07, 6.45) is 2.11. The quantitative estimate of drug-likeness (QED) is 0.841. The Morgan fingerprint density at radius 1 is 1.26 bits per heavy atom. The third kappa shape index (κ3) is 2.05. The number of rotatable bonds is 2. The van der Waals surface area contributed by atoms with E-state index in [9.17, 15) is 0 Å². The molecule has 3 heterocycles. The van der Waals surface area contributed by atoms with Crippen molar-refractivity contribution >= 4 is 11.3 Å². The summed E-state index contributed by atoms with van der Waals surface area (Å²) >= 11 is 1.73. The highest BCUT2D eigenvalue weighted by Crippen LogP contribution is 2.34. The zero-order valence-electron chi connectivity index (χ0n) is 10.6. The second kappa shape index (κ2) is 4.62. The van der Waals surface area contributed by atoms with Crippen LogP contribution in [0.4, 0.5) is 0 Å². The number of ether oxygens (including phenoxy) is 2. The second-order valence-electron chi connectivity index (χ2n) is 5.06. The summed E-state index contributed by atoms with van der Waals surface area (Å²) in [5.41, 5.74) is 3.70. The lowest BCUT2D eigenvalue weighted by Gasteiger charge is -2.03. The summed E-state index contributed by atoms with van der Waals surface area (Å²) in [5.74, 6) is 1.52. The molecule has 1 fully saturated rings. The van der Waals surface area contributed by atoms with Gasteiger partial charge in [0.25, 0.3) is 0 Å². The SMILES string of the molecule is c1cc2c(cc1-c1nc(C3CCOC3)cs1)CCO2. The third-order valence-electron chi connectivity index (χ3n) is 3.81. The van der Waals surface area contributed by atoms with E-state index < -0.39 is 0 Å². The lowest BCUT2D eigenvalue weighted by molar-refractivity contribution is 0.193. The molecule has 0 radical (unpaired) electrons. The van der Waals surface area contributed by atoms with Gasteiger partial charge in [-0.05, 0) is 30.2 Å². The van der Waals surface area contributed by atoms with Crippen molar-refractivity contribution in [1.29, 1.82) is 0 Å². The largest absolute Gasteiger partial charge is 0.493 e. The van der Waals surface area contributed by atoms with Gasteiger partial charge in [-0.3, -0.25) is 0 Å². The van der Waals surface area contributed by atoms with Crippen molar-refractivity contribution in [3.63, 3.8) is 0 Å². The topological polar surface area (TPSA) is 31.4 Å².